The SMILES string of the molecule is CC(C)[C@@H]1NC(=O)[C@@H](C)Cc2ccc3c(c2)[C@@]2(c4cc(F)ccc4N[C@@H]2O3)c2oc1nc2-c1nc(C(N)=O)co1. The summed E-state index contributed by atoms with van der Waals surface area (Å²) in [7, 11) is 0. The Hall–Kier alpha value is -4.67. The lowest BCUT2D eigenvalue weighted by molar-refractivity contribution is -0.125. The Labute approximate surface area is 228 Å². The average Bonchev–Trinajstić information content (AvgIpc) is 3.67. The molecule has 0 saturated heterocycles. The minimum Gasteiger partial charge on any atom is -0.469 e. The van der Waals surface area contributed by atoms with Crippen molar-refractivity contribution in [2.75, 3.05) is 5.32 Å². The molecule has 204 valence electrons. The number of carbonyl (C=O) groups excluding carboxylic acids is 2. The zero-order chi connectivity index (χ0) is 27.9. The van der Waals surface area contributed by atoms with Gasteiger partial charge in [-0.3, -0.25) is 9.59 Å². The second kappa shape index (κ2) is 8.41. The van der Waals surface area contributed by atoms with Crippen molar-refractivity contribution in [2.24, 2.45) is 17.6 Å². The summed E-state index contributed by atoms with van der Waals surface area (Å²) in [6, 6.07) is 9.65. The van der Waals surface area contributed by atoms with Crippen molar-refractivity contribution in [3.8, 4) is 17.3 Å². The summed E-state index contributed by atoms with van der Waals surface area (Å²) in [5.74, 6) is -0.701. The van der Waals surface area contributed by atoms with Crippen LogP contribution in [0.2, 0.25) is 0 Å². The van der Waals surface area contributed by atoms with E-state index in [4.69, 9.17) is 24.3 Å². The minimum absolute atomic E-state index is 0.00143. The summed E-state index contributed by atoms with van der Waals surface area (Å²) in [5.41, 5.74) is 7.27. The van der Waals surface area contributed by atoms with Crippen LogP contribution in [0.4, 0.5) is 10.1 Å². The van der Waals surface area contributed by atoms with Crippen LogP contribution in [0, 0.1) is 17.7 Å². The molecule has 40 heavy (non-hydrogen) atoms. The van der Waals surface area contributed by atoms with Gasteiger partial charge in [0, 0.05) is 22.7 Å². The lowest BCUT2D eigenvalue weighted by Crippen LogP contribution is -2.40. The number of oxazole rings is 2. The van der Waals surface area contributed by atoms with Crippen molar-refractivity contribution < 1.29 is 27.6 Å². The first kappa shape index (κ1) is 24.4. The van der Waals surface area contributed by atoms with Crippen LogP contribution < -0.4 is 21.1 Å². The number of ether oxygens (including phenoxy) is 1. The first-order valence-electron chi connectivity index (χ1n) is 13.1. The molecule has 3 aliphatic rings. The van der Waals surface area contributed by atoms with Gasteiger partial charge in [-0.05, 0) is 42.2 Å². The Morgan fingerprint density at radius 3 is 2.73 bits per heavy atom. The molecule has 4 atom stereocenters. The number of primary amides is 1. The average molecular weight is 544 g/mol. The lowest BCUT2D eigenvalue weighted by Gasteiger charge is -2.28. The molecule has 0 aliphatic carbocycles. The lowest BCUT2D eigenvalue weighted by atomic mass is 9.72. The number of fused-ring (bicyclic) bond motifs is 4. The van der Waals surface area contributed by atoms with Gasteiger partial charge in [0.2, 0.25) is 17.7 Å². The number of rotatable bonds is 3. The number of nitrogens with two attached hydrogens (primary N) is 1. The van der Waals surface area contributed by atoms with E-state index in [-0.39, 0.29) is 46.7 Å². The molecule has 4 bridgehead atoms. The molecular weight excluding hydrogens is 517 g/mol. The molecule has 4 N–H and O–H groups in total. The Morgan fingerprint density at radius 2 is 1.98 bits per heavy atom. The van der Waals surface area contributed by atoms with Crippen molar-refractivity contribution in [3.63, 3.8) is 0 Å². The number of hydrogen-bond donors (Lipinski definition) is 3. The first-order chi connectivity index (χ1) is 19.2. The minimum atomic E-state index is -1.20. The summed E-state index contributed by atoms with van der Waals surface area (Å²) in [6.07, 6.45) is 0.919. The van der Waals surface area contributed by atoms with E-state index in [1.807, 2.05) is 39.0 Å². The van der Waals surface area contributed by atoms with Gasteiger partial charge < -0.3 is 29.9 Å². The van der Waals surface area contributed by atoms with E-state index >= 15 is 0 Å². The van der Waals surface area contributed by atoms with Crippen molar-refractivity contribution in [3.05, 3.63) is 82.5 Å². The van der Waals surface area contributed by atoms with Crippen LogP contribution in [0.5, 0.6) is 5.75 Å². The van der Waals surface area contributed by atoms with Crippen molar-refractivity contribution in [2.45, 2.75) is 44.9 Å². The predicted molar refractivity (Wildman–Crippen MR) is 140 cm³/mol. The van der Waals surface area contributed by atoms with Gasteiger partial charge in [-0.15, -0.1) is 0 Å². The first-order valence-corrected chi connectivity index (χ1v) is 13.1. The Morgan fingerprint density at radius 1 is 1.15 bits per heavy atom. The maximum atomic E-state index is 14.9. The molecular formula is C29H26FN5O5. The Kier molecular flexibility index (Phi) is 5.13. The number of anilines is 1. The van der Waals surface area contributed by atoms with Crippen LogP contribution in [-0.2, 0) is 16.6 Å². The van der Waals surface area contributed by atoms with Crippen LogP contribution >= 0.6 is 0 Å². The zero-order valence-electron chi connectivity index (χ0n) is 21.9. The van der Waals surface area contributed by atoms with Gasteiger partial charge in [-0.1, -0.05) is 32.9 Å². The smallest absolute Gasteiger partial charge is 0.270 e. The predicted octanol–water partition coefficient (Wildman–Crippen LogP) is 4.05. The van der Waals surface area contributed by atoms with Gasteiger partial charge in [0.05, 0.1) is 0 Å². The number of hydrogen-bond acceptors (Lipinski definition) is 8. The van der Waals surface area contributed by atoms with Gasteiger partial charge >= 0.3 is 0 Å². The standard InChI is InChI=1S/C29H26FN5O5/c1-12(2)21-27-35-22(26-32-19(11-38-26)24(31)36)23(40-27)29-16-10-15(30)5-6-18(16)33-28(29)39-20-7-4-14(9-17(20)29)8-13(3)25(37)34-21/h4-7,9-13,21,28,33H,8H2,1-3H3,(H2,31,36)(H,34,37)/t13-,21-,28+,29-/m0/s1. The molecule has 5 heterocycles. The monoisotopic (exact) mass is 543 g/mol. The van der Waals surface area contributed by atoms with E-state index in [1.54, 1.807) is 6.07 Å². The van der Waals surface area contributed by atoms with E-state index in [2.05, 4.69) is 15.6 Å². The third-order valence-corrected chi connectivity index (χ3v) is 7.98. The summed E-state index contributed by atoms with van der Waals surface area (Å²) in [5, 5.41) is 6.48. The van der Waals surface area contributed by atoms with E-state index in [0.717, 1.165) is 17.4 Å². The third kappa shape index (κ3) is 3.33. The maximum Gasteiger partial charge on any atom is 0.270 e. The fourth-order valence-corrected chi connectivity index (χ4v) is 6.00. The van der Waals surface area contributed by atoms with Crippen LogP contribution in [-0.4, -0.2) is 28.0 Å². The number of aromatic nitrogens is 2. The zero-order valence-corrected chi connectivity index (χ0v) is 21.9. The highest BCUT2D eigenvalue weighted by Crippen LogP contribution is 2.59. The Bertz CT molecular complexity index is 1710. The highest BCUT2D eigenvalue weighted by Gasteiger charge is 2.61. The fraction of sp³-hybridized carbons (Fsp3) is 0.310. The molecule has 2 aromatic carbocycles. The molecule has 2 aromatic heterocycles. The van der Waals surface area contributed by atoms with Gasteiger partial charge in [0.1, 0.15) is 29.3 Å². The van der Waals surface area contributed by atoms with E-state index in [0.29, 0.717) is 23.4 Å². The molecule has 10 nitrogen and oxygen atoms in total. The van der Waals surface area contributed by atoms with E-state index < -0.39 is 29.4 Å². The number of amides is 2. The fourth-order valence-electron chi connectivity index (χ4n) is 6.00. The van der Waals surface area contributed by atoms with E-state index in [9.17, 15) is 14.0 Å². The number of benzene rings is 2. The summed E-state index contributed by atoms with van der Waals surface area (Å²) < 4.78 is 33.6. The summed E-state index contributed by atoms with van der Waals surface area (Å²) in [4.78, 5) is 34.2. The van der Waals surface area contributed by atoms with Crippen LogP contribution in [0.25, 0.3) is 11.6 Å². The van der Waals surface area contributed by atoms with Crippen LogP contribution in [0.3, 0.4) is 0 Å². The van der Waals surface area contributed by atoms with Crippen molar-refractivity contribution in [1.29, 1.82) is 0 Å². The van der Waals surface area contributed by atoms with Crippen molar-refractivity contribution >= 4 is 17.5 Å². The highest BCUT2D eigenvalue weighted by atomic mass is 19.1. The summed E-state index contributed by atoms with van der Waals surface area (Å²) >= 11 is 0. The second-order valence-corrected chi connectivity index (χ2v) is 10.9. The molecule has 11 heteroatoms. The molecule has 3 aliphatic heterocycles. The number of nitrogens with one attached hydrogen (secondary N) is 2. The topological polar surface area (TPSA) is 146 Å². The molecule has 2 amide bonds. The van der Waals surface area contributed by atoms with Gasteiger partial charge in [-0.25, -0.2) is 14.4 Å². The molecule has 7 rings (SSSR count). The number of nitrogens with zero attached hydrogens (tertiary/aromatic N) is 2. The van der Waals surface area contributed by atoms with Gasteiger partial charge in [0.15, 0.2) is 23.4 Å². The van der Waals surface area contributed by atoms with Gasteiger partial charge in [0.25, 0.3) is 5.91 Å². The molecule has 0 radical (unpaired) electrons. The molecule has 0 fully saturated rings. The van der Waals surface area contributed by atoms with Crippen LogP contribution in [0.1, 0.15) is 65.6 Å². The molecule has 1 spiro atoms. The second-order valence-electron chi connectivity index (χ2n) is 10.9. The number of halogens is 1. The van der Waals surface area contributed by atoms with Crippen LogP contribution in [0.15, 0.2) is 51.5 Å². The summed E-state index contributed by atoms with van der Waals surface area (Å²) in [6.45, 7) is 5.76. The largest absolute Gasteiger partial charge is 0.469 e. The highest BCUT2D eigenvalue weighted by molar-refractivity contribution is 5.91. The maximum absolute atomic E-state index is 14.9. The van der Waals surface area contributed by atoms with Crippen molar-refractivity contribution in [1.82, 2.24) is 15.3 Å². The van der Waals surface area contributed by atoms with Gasteiger partial charge in [-0.2, -0.15) is 0 Å². The molecule has 4 aromatic rings. The normalized spacial score (nSPS) is 24.3. The quantitative estimate of drug-likeness (QED) is 0.351. The third-order valence-electron chi connectivity index (χ3n) is 7.98. The number of carbonyl (C=O) groups is 2. The molecule has 0 unspecified atom stereocenters. The van der Waals surface area contributed by atoms with E-state index in [1.165, 1.54) is 12.1 Å². The Balaban J connectivity index is 1.59. The molecule has 0 saturated carbocycles.